The molecule has 0 radical (unpaired) electrons. The quantitative estimate of drug-likeness (QED) is 0.589. The van der Waals surface area contributed by atoms with Gasteiger partial charge in [0.1, 0.15) is 0 Å². The summed E-state index contributed by atoms with van der Waals surface area (Å²) in [6.45, 7) is 2.06. The molecule has 0 saturated heterocycles. The first kappa shape index (κ1) is 20.0. The van der Waals surface area contributed by atoms with E-state index in [1.165, 1.54) is 6.07 Å². The van der Waals surface area contributed by atoms with Crippen LogP contribution in [0.2, 0.25) is 0 Å². The normalized spacial score (nSPS) is 13.8. The molecule has 3 N–H and O–H groups in total. The van der Waals surface area contributed by atoms with Crippen molar-refractivity contribution in [3.8, 4) is 0 Å². The van der Waals surface area contributed by atoms with Crippen molar-refractivity contribution < 1.29 is 18.0 Å². The van der Waals surface area contributed by atoms with Crippen LogP contribution in [0.15, 0.2) is 53.4 Å². The van der Waals surface area contributed by atoms with Crippen LogP contribution in [0.4, 0.5) is 5.69 Å². The number of hydrogen-bond acceptors (Lipinski definition) is 4. The molecule has 2 aromatic rings. The lowest BCUT2D eigenvalue weighted by Crippen LogP contribution is -2.34. The fourth-order valence-electron chi connectivity index (χ4n) is 2.62. The van der Waals surface area contributed by atoms with Crippen LogP contribution in [0.3, 0.4) is 0 Å². The third-order valence-corrected chi connectivity index (χ3v) is 5.82. The minimum absolute atomic E-state index is 0.0121. The van der Waals surface area contributed by atoms with Gasteiger partial charge in [-0.15, -0.1) is 0 Å². The molecule has 0 heterocycles. The minimum Gasteiger partial charge on any atom is -0.351 e. The van der Waals surface area contributed by atoms with Gasteiger partial charge in [0.2, 0.25) is 15.9 Å². The predicted octanol–water partition coefficient (Wildman–Crippen LogP) is 2.05. The number of nitrogens with one attached hydrogen (secondary N) is 3. The molecule has 1 saturated carbocycles. The Balaban J connectivity index is 1.45. The number of carbonyl (C=O) groups is 2. The first-order chi connectivity index (χ1) is 13.3. The highest BCUT2D eigenvalue weighted by Crippen LogP contribution is 2.30. The lowest BCUT2D eigenvalue weighted by Gasteiger charge is -2.09. The largest absolute Gasteiger partial charge is 0.351 e. The molecule has 148 valence electrons. The van der Waals surface area contributed by atoms with E-state index in [2.05, 4.69) is 15.4 Å². The highest BCUT2D eigenvalue weighted by Gasteiger charge is 2.29. The van der Waals surface area contributed by atoms with E-state index in [1.807, 2.05) is 13.0 Å². The summed E-state index contributed by atoms with van der Waals surface area (Å²) in [6, 6.07) is 13.2. The molecule has 2 amide bonds. The summed E-state index contributed by atoms with van der Waals surface area (Å²) in [5.41, 5.74) is 1.94. The Morgan fingerprint density at radius 2 is 1.75 bits per heavy atom. The second-order valence-corrected chi connectivity index (χ2v) is 8.58. The fourth-order valence-corrected chi connectivity index (χ4v) is 3.76. The smallest absolute Gasteiger partial charge is 0.251 e. The van der Waals surface area contributed by atoms with Crippen LogP contribution in [0, 0.1) is 12.8 Å². The van der Waals surface area contributed by atoms with E-state index in [0.29, 0.717) is 11.3 Å². The van der Waals surface area contributed by atoms with Crippen LogP contribution in [-0.4, -0.2) is 33.3 Å². The maximum atomic E-state index is 12.2. The van der Waals surface area contributed by atoms with Gasteiger partial charge in [0.05, 0.1) is 4.90 Å². The molecule has 8 heteroatoms. The van der Waals surface area contributed by atoms with Gasteiger partial charge in [-0.3, -0.25) is 9.59 Å². The van der Waals surface area contributed by atoms with E-state index in [-0.39, 0.29) is 35.7 Å². The van der Waals surface area contributed by atoms with Crippen molar-refractivity contribution in [1.82, 2.24) is 10.0 Å². The average molecular weight is 401 g/mol. The van der Waals surface area contributed by atoms with Crippen molar-refractivity contribution in [2.45, 2.75) is 24.7 Å². The molecular formula is C20H23N3O4S. The van der Waals surface area contributed by atoms with Gasteiger partial charge in [-0.1, -0.05) is 12.1 Å². The number of aryl methyl sites for hydroxylation is 1. The molecule has 0 unspecified atom stereocenters. The maximum absolute atomic E-state index is 12.2. The highest BCUT2D eigenvalue weighted by molar-refractivity contribution is 7.89. The van der Waals surface area contributed by atoms with Gasteiger partial charge in [-0.05, 0) is 61.7 Å². The lowest BCUT2D eigenvalue weighted by atomic mass is 10.2. The summed E-state index contributed by atoms with van der Waals surface area (Å²) < 4.78 is 26.9. The van der Waals surface area contributed by atoms with Crippen molar-refractivity contribution >= 4 is 27.5 Å². The van der Waals surface area contributed by atoms with Crippen molar-refractivity contribution in [3.63, 3.8) is 0 Å². The zero-order chi connectivity index (χ0) is 20.1. The Kier molecular flexibility index (Phi) is 6.11. The molecule has 0 aliphatic heterocycles. The fraction of sp³-hybridized carbons (Fsp3) is 0.300. The zero-order valence-corrected chi connectivity index (χ0v) is 16.4. The molecular weight excluding hydrogens is 378 g/mol. The maximum Gasteiger partial charge on any atom is 0.251 e. The van der Waals surface area contributed by atoms with E-state index < -0.39 is 10.0 Å². The predicted molar refractivity (Wildman–Crippen MR) is 106 cm³/mol. The van der Waals surface area contributed by atoms with Gasteiger partial charge in [-0.25, -0.2) is 13.1 Å². The second kappa shape index (κ2) is 8.53. The third-order valence-electron chi connectivity index (χ3n) is 4.37. The standard InChI is InChI=1S/C20H23N3O4S/c1-14-3-2-4-18(13-14)28(26,27)22-12-11-21-19(24)15-7-9-17(10-8-15)23-20(25)16-5-6-16/h2-4,7-10,13,16,22H,5-6,11-12H2,1H3,(H,21,24)(H,23,25). The van der Waals surface area contributed by atoms with Crippen LogP contribution in [0.25, 0.3) is 0 Å². The minimum atomic E-state index is -3.61. The number of hydrogen-bond donors (Lipinski definition) is 3. The van der Waals surface area contributed by atoms with E-state index in [1.54, 1.807) is 36.4 Å². The van der Waals surface area contributed by atoms with Gasteiger partial charge in [0.25, 0.3) is 5.91 Å². The number of amides is 2. The molecule has 7 nitrogen and oxygen atoms in total. The van der Waals surface area contributed by atoms with Crippen LogP contribution in [0.1, 0.15) is 28.8 Å². The zero-order valence-electron chi connectivity index (χ0n) is 15.6. The molecule has 1 fully saturated rings. The van der Waals surface area contributed by atoms with E-state index >= 15 is 0 Å². The summed E-state index contributed by atoms with van der Waals surface area (Å²) in [4.78, 5) is 24.1. The van der Waals surface area contributed by atoms with E-state index in [9.17, 15) is 18.0 Å². The summed E-state index contributed by atoms with van der Waals surface area (Å²) in [6.07, 6.45) is 1.86. The van der Waals surface area contributed by atoms with Crippen LogP contribution < -0.4 is 15.4 Å². The summed E-state index contributed by atoms with van der Waals surface area (Å²) in [7, 11) is -3.61. The van der Waals surface area contributed by atoms with Gasteiger partial charge >= 0.3 is 0 Å². The third kappa shape index (κ3) is 5.40. The number of anilines is 1. The van der Waals surface area contributed by atoms with Crippen molar-refractivity contribution in [3.05, 3.63) is 59.7 Å². The molecule has 0 aromatic heterocycles. The molecule has 3 rings (SSSR count). The van der Waals surface area contributed by atoms with Crippen molar-refractivity contribution in [1.29, 1.82) is 0 Å². The Labute approximate surface area is 164 Å². The van der Waals surface area contributed by atoms with Gasteiger partial charge in [0.15, 0.2) is 0 Å². The monoisotopic (exact) mass is 401 g/mol. The molecule has 0 spiro atoms. The first-order valence-electron chi connectivity index (χ1n) is 9.10. The van der Waals surface area contributed by atoms with Crippen molar-refractivity contribution in [2.75, 3.05) is 18.4 Å². The Morgan fingerprint density at radius 3 is 2.39 bits per heavy atom. The molecule has 2 aromatic carbocycles. The summed E-state index contributed by atoms with van der Waals surface area (Å²) in [5.74, 6) is -0.181. The molecule has 1 aliphatic carbocycles. The number of sulfonamides is 1. The van der Waals surface area contributed by atoms with Crippen LogP contribution >= 0.6 is 0 Å². The van der Waals surface area contributed by atoms with Crippen molar-refractivity contribution in [2.24, 2.45) is 5.92 Å². The van der Waals surface area contributed by atoms with E-state index in [4.69, 9.17) is 0 Å². The van der Waals surface area contributed by atoms with Crippen LogP contribution in [-0.2, 0) is 14.8 Å². The Hall–Kier alpha value is -2.71. The number of rotatable bonds is 8. The lowest BCUT2D eigenvalue weighted by molar-refractivity contribution is -0.117. The number of carbonyl (C=O) groups excluding carboxylic acids is 2. The van der Waals surface area contributed by atoms with Crippen LogP contribution in [0.5, 0.6) is 0 Å². The molecule has 1 aliphatic rings. The highest BCUT2D eigenvalue weighted by atomic mass is 32.2. The molecule has 28 heavy (non-hydrogen) atoms. The summed E-state index contributed by atoms with van der Waals surface area (Å²) >= 11 is 0. The first-order valence-corrected chi connectivity index (χ1v) is 10.6. The number of benzene rings is 2. The molecule has 0 bridgehead atoms. The van der Waals surface area contributed by atoms with Gasteiger partial charge < -0.3 is 10.6 Å². The van der Waals surface area contributed by atoms with E-state index in [0.717, 1.165) is 18.4 Å². The average Bonchev–Trinajstić information content (AvgIpc) is 3.51. The second-order valence-electron chi connectivity index (χ2n) is 6.81. The summed E-state index contributed by atoms with van der Waals surface area (Å²) in [5, 5.41) is 5.48. The Bertz CT molecular complexity index is 967. The van der Waals surface area contributed by atoms with Gasteiger partial charge in [-0.2, -0.15) is 0 Å². The SMILES string of the molecule is Cc1cccc(S(=O)(=O)NCCNC(=O)c2ccc(NC(=O)C3CC3)cc2)c1. The topological polar surface area (TPSA) is 104 Å². The van der Waals surface area contributed by atoms with Gasteiger partial charge in [0, 0.05) is 30.3 Å². The Morgan fingerprint density at radius 1 is 1.04 bits per heavy atom. The molecule has 0 atom stereocenters.